The third kappa shape index (κ3) is 4.80. The van der Waals surface area contributed by atoms with Crippen molar-refractivity contribution in [2.75, 3.05) is 12.9 Å². The minimum absolute atomic E-state index is 0.0789. The lowest BCUT2D eigenvalue weighted by molar-refractivity contribution is -0.119. The molecule has 0 aliphatic carbocycles. The second kappa shape index (κ2) is 9.65. The van der Waals surface area contributed by atoms with Gasteiger partial charge in [0.15, 0.2) is 5.16 Å². The first-order chi connectivity index (χ1) is 15.5. The lowest BCUT2D eigenvalue weighted by Gasteiger charge is -2.15. The van der Waals surface area contributed by atoms with Crippen LogP contribution in [0, 0.1) is 6.92 Å². The van der Waals surface area contributed by atoms with Gasteiger partial charge in [-0.1, -0.05) is 23.9 Å². The van der Waals surface area contributed by atoms with Crippen LogP contribution in [-0.2, 0) is 4.79 Å². The molecule has 0 spiro atoms. The summed E-state index contributed by atoms with van der Waals surface area (Å²) < 4.78 is 8.82. The molecule has 2 aromatic heterocycles. The van der Waals surface area contributed by atoms with Gasteiger partial charge >= 0.3 is 0 Å². The van der Waals surface area contributed by atoms with E-state index in [-0.39, 0.29) is 17.7 Å². The minimum atomic E-state index is -0.130. The highest BCUT2D eigenvalue weighted by atomic mass is 32.2. The fourth-order valence-electron chi connectivity index (χ4n) is 3.22. The molecule has 0 saturated carbocycles. The summed E-state index contributed by atoms with van der Waals surface area (Å²) in [5.74, 6) is 1.68. The number of rotatable bonds is 8. The van der Waals surface area contributed by atoms with Crippen LogP contribution in [0.4, 0.5) is 0 Å². The number of amides is 1. The quantitative estimate of drug-likeness (QED) is 0.413. The van der Waals surface area contributed by atoms with E-state index in [0.717, 1.165) is 28.5 Å². The van der Waals surface area contributed by atoms with Crippen molar-refractivity contribution in [3.63, 3.8) is 0 Å². The molecule has 0 fully saturated rings. The SMILES string of the molecule is COc1ccc(-n2c(C)nnc2SCC(=O)NC(C)c2ccc(-n3cncn3)cc2)cc1. The van der Waals surface area contributed by atoms with Crippen molar-refractivity contribution in [3.8, 4) is 17.1 Å². The van der Waals surface area contributed by atoms with E-state index in [9.17, 15) is 4.79 Å². The molecule has 0 radical (unpaired) electrons. The average Bonchev–Trinajstić information content (AvgIpc) is 3.48. The van der Waals surface area contributed by atoms with Gasteiger partial charge in [0.2, 0.25) is 5.91 Å². The molecule has 1 N–H and O–H groups in total. The zero-order chi connectivity index (χ0) is 22.5. The van der Waals surface area contributed by atoms with Crippen molar-refractivity contribution in [2.45, 2.75) is 25.0 Å². The van der Waals surface area contributed by atoms with Crippen LogP contribution in [0.5, 0.6) is 5.75 Å². The van der Waals surface area contributed by atoms with E-state index in [4.69, 9.17) is 4.74 Å². The molecule has 1 unspecified atom stereocenters. The van der Waals surface area contributed by atoms with Gasteiger partial charge in [0, 0.05) is 5.69 Å². The molecule has 0 aliphatic heterocycles. The summed E-state index contributed by atoms with van der Waals surface area (Å²) in [4.78, 5) is 16.5. The van der Waals surface area contributed by atoms with Crippen LogP contribution >= 0.6 is 11.8 Å². The summed E-state index contributed by atoms with van der Waals surface area (Å²) >= 11 is 1.35. The van der Waals surface area contributed by atoms with Crippen LogP contribution in [0.15, 0.2) is 66.3 Å². The van der Waals surface area contributed by atoms with Gasteiger partial charge in [0.05, 0.1) is 24.6 Å². The molecule has 0 aliphatic rings. The Labute approximate surface area is 189 Å². The van der Waals surface area contributed by atoms with Crippen LogP contribution in [0.25, 0.3) is 11.4 Å². The van der Waals surface area contributed by atoms with E-state index >= 15 is 0 Å². The summed E-state index contributed by atoms with van der Waals surface area (Å²) in [5.41, 5.74) is 2.83. The molecule has 1 atom stereocenters. The summed E-state index contributed by atoms with van der Waals surface area (Å²) in [5, 5.41) is 16.2. The lowest BCUT2D eigenvalue weighted by atomic mass is 10.1. The zero-order valence-electron chi connectivity index (χ0n) is 18.0. The topological polar surface area (TPSA) is 99.8 Å². The van der Waals surface area contributed by atoms with Crippen molar-refractivity contribution < 1.29 is 9.53 Å². The van der Waals surface area contributed by atoms with Crippen LogP contribution in [0.1, 0.15) is 24.4 Å². The number of carbonyl (C=O) groups is 1. The van der Waals surface area contributed by atoms with Crippen LogP contribution < -0.4 is 10.1 Å². The highest BCUT2D eigenvalue weighted by Gasteiger charge is 2.15. The Kier molecular flexibility index (Phi) is 6.50. The number of aryl methyl sites for hydroxylation is 1. The van der Waals surface area contributed by atoms with E-state index in [1.807, 2.05) is 66.9 Å². The third-order valence-electron chi connectivity index (χ3n) is 4.91. The Bertz CT molecular complexity index is 1170. The van der Waals surface area contributed by atoms with Gasteiger partial charge in [-0.25, -0.2) is 9.67 Å². The third-order valence-corrected chi connectivity index (χ3v) is 5.84. The molecule has 9 nitrogen and oxygen atoms in total. The first-order valence-electron chi connectivity index (χ1n) is 9.98. The normalized spacial score (nSPS) is 11.8. The van der Waals surface area contributed by atoms with Gasteiger partial charge < -0.3 is 10.1 Å². The first kappa shape index (κ1) is 21.6. The Morgan fingerprint density at radius 1 is 1.09 bits per heavy atom. The smallest absolute Gasteiger partial charge is 0.230 e. The number of ether oxygens (including phenoxy) is 1. The number of methoxy groups -OCH3 is 1. The second-order valence-corrected chi connectivity index (χ2v) is 8.02. The van der Waals surface area contributed by atoms with Crippen molar-refractivity contribution in [2.24, 2.45) is 0 Å². The molecule has 4 aromatic rings. The number of hydrogen-bond donors (Lipinski definition) is 1. The Balaban J connectivity index is 1.37. The van der Waals surface area contributed by atoms with Gasteiger partial charge in [0.1, 0.15) is 24.2 Å². The molecule has 32 heavy (non-hydrogen) atoms. The fourth-order valence-corrected chi connectivity index (χ4v) is 4.03. The van der Waals surface area contributed by atoms with Crippen LogP contribution in [0.3, 0.4) is 0 Å². The number of benzene rings is 2. The molecule has 4 rings (SSSR count). The fraction of sp³-hybridized carbons (Fsp3) is 0.227. The molecular formula is C22H23N7O2S. The number of carbonyl (C=O) groups excluding carboxylic acids is 1. The molecular weight excluding hydrogens is 426 g/mol. The maximum Gasteiger partial charge on any atom is 0.230 e. The number of nitrogens with zero attached hydrogens (tertiary/aromatic N) is 6. The highest BCUT2D eigenvalue weighted by molar-refractivity contribution is 7.99. The number of hydrogen-bond acceptors (Lipinski definition) is 7. The monoisotopic (exact) mass is 449 g/mol. The van der Waals surface area contributed by atoms with Crippen LogP contribution in [-0.4, -0.2) is 48.3 Å². The summed E-state index contributed by atoms with van der Waals surface area (Å²) in [6, 6.07) is 15.3. The van der Waals surface area contributed by atoms with Gasteiger partial charge in [-0.15, -0.1) is 10.2 Å². The minimum Gasteiger partial charge on any atom is -0.497 e. The van der Waals surface area contributed by atoms with Crippen LogP contribution in [0.2, 0.25) is 0 Å². The van der Waals surface area contributed by atoms with Crippen molar-refractivity contribution in [3.05, 3.63) is 72.6 Å². The highest BCUT2D eigenvalue weighted by Crippen LogP contribution is 2.24. The van der Waals surface area contributed by atoms with Gasteiger partial charge in [0.25, 0.3) is 0 Å². The molecule has 10 heteroatoms. The van der Waals surface area contributed by atoms with E-state index < -0.39 is 0 Å². The maximum atomic E-state index is 12.6. The molecule has 1 amide bonds. The Morgan fingerprint density at radius 2 is 1.81 bits per heavy atom. The molecule has 164 valence electrons. The maximum absolute atomic E-state index is 12.6. The number of thioether (sulfide) groups is 1. The van der Waals surface area contributed by atoms with Gasteiger partial charge in [-0.3, -0.25) is 9.36 Å². The van der Waals surface area contributed by atoms with Crippen molar-refractivity contribution >= 4 is 17.7 Å². The predicted molar refractivity (Wildman–Crippen MR) is 121 cm³/mol. The van der Waals surface area contributed by atoms with Crippen molar-refractivity contribution in [1.82, 2.24) is 34.8 Å². The Hall–Kier alpha value is -3.66. The Morgan fingerprint density at radius 3 is 2.47 bits per heavy atom. The summed E-state index contributed by atoms with van der Waals surface area (Å²) in [6.45, 7) is 3.84. The standard InChI is InChI=1S/C22H23N7O2S/c1-15(17-4-6-18(7-5-17)28-14-23-13-24-28)25-21(30)12-32-22-27-26-16(2)29(22)19-8-10-20(31-3)11-9-19/h4-11,13-15H,12H2,1-3H3,(H,25,30). The van der Waals surface area contributed by atoms with Gasteiger partial charge in [-0.05, 0) is 55.8 Å². The number of aromatic nitrogens is 6. The molecule has 2 aromatic carbocycles. The molecule has 0 saturated heterocycles. The van der Waals surface area contributed by atoms with E-state index in [2.05, 4.69) is 25.6 Å². The summed E-state index contributed by atoms with van der Waals surface area (Å²) in [7, 11) is 1.63. The predicted octanol–water partition coefficient (Wildman–Crippen LogP) is 3.13. The first-order valence-corrected chi connectivity index (χ1v) is 11.0. The van der Waals surface area contributed by atoms with Crippen molar-refractivity contribution in [1.29, 1.82) is 0 Å². The number of nitrogens with one attached hydrogen (secondary N) is 1. The lowest BCUT2D eigenvalue weighted by Crippen LogP contribution is -2.28. The van der Waals surface area contributed by atoms with E-state index in [1.54, 1.807) is 18.1 Å². The average molecular weight is 450 g/mol. The second-order valence-electron chi connectivity index (χ2n) is 7.07. The van der Waals surface area contributed by atoms with Gasteiger partial charge in [-0.2, -0.15) is 5.10 Å². The molecule has 2 heterocycles. The summed E-state index contributed by atoms with van der Waals surface area (Å²) in [6.07, 6.45) is 3.13. The largest absolute Gasteiger partial charge is 0.497 e. The zero-order valence-corrected chi connectivity index (χ0v) is 18.8. The molecule has 0 bridgehead atoms. The van der Waals surface area contributed by atoms with E-state index in [0.29, 0.717) is 5.16 Å². The van der Waals surface area contributed by atoms with E-state index in [1.165, 1.54) is 18.1 Å².